The van der Waals surface area contributed by atoms with Crippen LogP contribution in [-0.2, 0) is 13.1 Å². The summed E-state index contributed by atoms with van der Waals surface area (Å²) in [5, 5.41) is 3.60. The summed E-state index contributed by atoms with van der Waals surface area (Å²) in [6.07, 6.45) is 2.72. The normalized spacial score (nSPS) is 15.5. The van der Waals surface area contributed by atoms with Gasteiger partial charge in [-0.15, -0.1) is 0 Å². The predicted molar refractivity (Wildman–Crippen MR) is 72.9 cm³/mol. The first kappa shape index (κ1) is 12.6. The third-order valence-corrected chi connectivity index (χ3v) is 3.57. The minimum atomic E-state index is 0.788. The monoisotopic (exact) mass is 232 g/mol. The third-order valence-electron chi connectivity index (χ3n) is 3.57. The number of benzene rings is 1. The van der Waals surface area contributed by atoms with Crippen LogP contribution in [-0.4, -0.2) is 24.0 Å². The minimum absolute atomic E-state index is 0.788. The van der Waals surface area contributed by atoms with Crippen LogP contribution in [0.2, 0.25) is 0 Å². The molecule has 1 fully saturated rings. The SMILES string of the molecule is CCN(CC)Cc1ccccc1CNC1CC1. The van der Waals surface area contributed by atoms with E-state index in [1.54, 1.807) is 0 Å². The van der Waals surface area contributed by atoms with Crippen molar-refractivity contribution in [1.82, 2.24) is 10.2 Å². The van der Waals surface area contributed by atoms with Crippen LogP contribution < -0.4 is 5.32 Å². The highest BCUT2D eigenvalue weighted by molar-refractivity contribution is 5.27. The standard InChI is InChI=1S/C15H24N2/c1-3-17(4-2)12-14-8-6-5-7-13(14)11-16-15-9-10-15/h5-8,15-16H,3-4,9-12H2,1-2H3. The Kier molecular flexibility index (Phi) is 4.57. The van der Waals surface area contributed by atoms with Crippen molar-refractivity contribution in [3.05, 3.63) is 35.4 Å². The summed E-state index contributed by atoms with van der Waals surface area (Å²) in [5.41, 5.74) is 2.94. The van der Waals surface area contributed by atoms with Crippen molar-refractivity contribution in [3.8, 4) is 0 Å². The van der Waals surface area contributed by atoms with Crippen molar-refractivity contribution >= 4 is 0 Å². The van der Waals surface area contributed by atoms with Crippen LogP contribution >= 0.6 is 0 Å². The van der Waals surface area contributed by atoms with Crippen LogP contribution in [0.15, 0.2) is 24.3 Å². The number of nitrogens with zero attached hydrogens (tertiary/aromatic N) is 1. The van der Waals surface area contributed by atoms with Crippen molar-refractivity contribution in [2.45, 2.75) is 45.8 Å². The molecule has 0 atom stereocenters. The lowest BCUT2D eigenvalue weighted by Crippen LogP contribution is -2.24. The van der Waals surface area contributed by atoms with Crippen LogP contribution in [0.5, 0.6) is 0 Å². The van der Waals surface area contributed by atoms with Crippen LogP contribution in [0.3, 0.4) is 0 Å². The lowest BCUT2D eigenvalue weighted by Gasteiger charge is -2.20. The average Bonchev–Trinajstić information content (AvgIpc) is 3.18. The fourth-order valence-corrected chi connectivity index (χ4v) is 2.11. The Morgan fingerprint density at radius 1 is 1.12 bits per heavy atom. The van der Waals surface area contributed by atoms with E-state index in [0.717, 1.165) is 32.2 Å². The van der Waals surface area contributed by atoms with E-state index < -0.39 is 0 Å². The van der Waals surface area contributed by atoms with Gasteiger partial charge in [-0.3, -0.25) is 4.90 Å². The third kappa shape index (κ3) is 3.83. The summed E-state index contributed by atoms with van der Waals surface area (Å²) in [5.74, 6) is 0. The Morgan fingerprint density at radius 2 is 1.76 bits per heavy atom. The Morgan fingerprint density at radius 3 is 2.35 bits per heavy atom. The minimum Gasteiger partial charge on any atom is -0.310 e. The predicted octanol–water partition coefficient (Wildman–Crippen LogP) is 2.78. The van der Waals surface area contributed by atoms with Gasteiger partial charge in [0.25, 0.3) is 0 Å². The van der Waals surface area contributed by atoms with Crippen molar-refractivity contribution in [1.29, 1.82) is 0 Å². The fourth-order valence-electron chi connectivity index (χ4n) is 2.11. The lowest BCUT2D eigenvalue weighted by molar-refractivity contribution is 0.294. The summed E-state index contributed by atoms with van der Waals surface area (Å²) in [6.45, 7) is 8.82. The van der Waals surface area contributed by atoms with E-state index in [-0.39, 0.29) is 0 Å². The number of nitrogens with one attached hydrogen (secondary N) is 1. The molecular weight excluding hydrogens is 208 g/mol. The fraction of sp³-hybridized carbons (Fsp3) is 0.600. The van der Waals surface area contributed by atoms with E-state index in [4.69, 9.17) is 0 Å². The second-order valence-electron chi connectivity index (χ2n) is 4.89. The van der Waals surface area contributed by atoms with Gasteiger partial charge in [0, 0.05) is 19.1 Å². The largest absolute Gasteiger partial charge is 0.310 e. The van der Waals surface area contributed by atoms with Crippen LogP contribution in [0, 0.1) is 0 Å². The smallest absolute Gasteiger partial charge is 0.0236 e. The van der Waals surface area contributed by atoms with Gasteiger partial charge in [-0.2, -0.15) is 0 Å². The zero-order valence-electron chi connectivity index (χ0n) is 11.1. The molecule has 0 bridgehead atoms. The zero-order chi connectivity index (χ0) is 12.1. The molecule has 2 heteroatoms. The molecule has 1 aromatic carbocycles. The highest BCUT2D eigenvalue weighted by atomic mass is 15.1. The molecule has 94 valence electrons. The van der Waals surface area contributed by atoms with Gasteiger partial charge >= 0.3 is 0 Å². The maximum absolute atomic E-state index is 3.60. The molecule has 0 unspecified atom stereocenters. The number of hydrogen-bond donors (Lipinski definition) is 1. The summed E-state index contributed by atoms with van der Waals surface area (Å²) < 4.78 is 0. The van der Waals surface area contributed by atoms with Gasteiger partial charge in [-0.25, -0.2) is 0 Å². The van der Waals surface area contributed by atoms with Gasteiger partial charge < -0.3 is 5.32 Å². The number of rotatable bonds is 7. The van der Waals surface area contributed by atoms with E-state index in [0.29, 0.717) is 0 Å². The van der Waals surface area contributed by atoms with Gasteiger partial charge in [-0.05, 0) is 37.1 Å². The van der Waals surface area contributed by atoms with E-state index in [1.807, 2.05) is 0 Å². The Labute approximate surface area is 105 Å². The highest BCUT2D eigenvalue weighted by Gasteiger charge is 2.20. The van der Waals surface area contributed by atoms with Crippen molar-refractivity contribution in [2.24, 2.45) is 0 Å². The molecule has 1 aromatic rings. The molecule has 0 aliphatic heterocycles. The van der Waals surface area contributed by atoms with E-state index >= 15 is 0 Å². The molecule has 1 aliphatic rings. The molecule has 2 rings (SSSR count). The first-order chi connectivity index (χ1) is 8.33. The first-order valence-corrected chi connectivity index (χ1v) is 6.86. The van der Waals surface area contributed by atoms with Gasteiger partial charge in [0.15, 0.2) is 0 Å². The van der Waals surface area contributed by atoms with Gasteiger partial charge in [-0.1, -0.05) is 38.1 Å². The Bertz CT molecular complexity index is 341. The Balaban J connectivity index is 1.98. The van der Waals surface area contributed by atoms with Crippen LogP contribution in [0.25, 0.3) is 0 Å². The van der Waals surface area contributed by atoms with Crippen LogP contribution in [0.1, 0.15) is 37.8 Å². The van der Waals surface area contributed by atoms with Crippen LogP contribution in [0.4, 0.5) is 0 Å². The Hall–Kier alpha value is -0.860. The molecule has 1 aliphatic carbocycles. The molecule has 2 nitrogen and oxygen atoms in total. The summed E-state index contributed by atoms with van der Waals surface area (Å²) in [6, 6.07) is 9.61. The number of hydrogen-bond acceptors (Lipinski definition) is 2. The molecular formula is C15H24N2. The second-order valence-corrected chi connectivity index (χ2v) is 4.89. The molecule has 0 spiro atoms. The molecule has 1 N–H and O–H groups in total. The topological polar surface area (TPSA) is 15.3 Å². The summed E-state index contributed by atoms with van der Waals surface area (Å²) >= 11 is 0. The average molecular weight is 232 g/mol. The van der Waals surface area contributed by atoms with Gasteiger partial charge in [0.2, 0.25) is 0 Å². The molecule has 0 radical (unpaired) electrons. The molecule has 17 heavy (non-hydrogen) atoms. The van der Waals surface area contributed by atoms with Gasteiger partial charge in [0.05, 0.1) is 0 Å². The molecule has 0 aromatic heterocycles. The lowest BCUT2D eigenvalue weighted by atomic mass is 10.1. The zero-order valence-corrected chi connectivity index (χ0v) is 11.1. The summed E-state index contributed by atoms with van der Waals surface area (Å²) in [7, 11) is 0. The molecule has 0 amide bonds. The molecule has 0 heterocycles. The van der Waals surface area contributed by atoms with E-state index in [9.17, 15) is 0 Å². The first-order valence-electron chi connectivity index (χ1n) is 6.86. The van der Waals surface area contributed by atoms with Crippen molar-refractivity contribution in [3.63, 3.8) is 0 Å². The maximum atomic E-state index is 3.60. The van der Waals surface area contributed by atoms with E-state index in [1.165, 1.54) is 24.0 Å². The highest BCUT2D eigenvalue weighted by Crippen LogP contribution is 2.20. The maximum Gasteiger partial charge on any atom is 0.0236 e. The molecule has 1 saturated carbocycles. The van der Waals surface area contributed by atoms with Gasteiger partial charge in [0.1, 0.15) is 0 Å². The molecule has 0 saturated heterocycles. The van der Waals surface area contributed by atoms with Crippen molar-refractivity contribution in [2.75, 3.05) is 13.1 Å². The summed E-state index contributed by atoms with van der Waals surface area (Å²) in [4.78, 5) is 2.47. The van der Waals surface area contributed by atoms with Crippen molar-refractivity contribution < 1.29 is 0 Å². The quantitative estimate of drug-likeness (QED) is 0.777. The second kappa shape index (κ2) is 6.18. The van der Waals surface area contributed by atoms with E-state index in [2.05, 4.69) is 48.3 Å².